The second kappa shape index (κ2) is 9.75. The van der Waals surface area contributed by atoms with Crippen molar-refractivity contribution in [2.24, 2.45) is 4.99 Å². The van der Waals surface area contributed by atoms with Gasteiger partial charge >= 0.3 is 6.18 Å². The van der Waals surface area contributed by atoms with Crippen molar-refractivity contribution in [3.63, 3.8) is 0 Å². The van der Waals surface area contributed by atoms with Crippen molar-refractivity contribution in [3.05, 3.63) is 16.1 Å². The molecule has 0 spiro atoms. The number of amides is 1. The van der Waals surface area contributed by atoms with Crippen LogP contribution in [0.15, 0.2) is 10.4 Å². The third-order valence-corrected chi connectivity index (χ3v) is 6.04. The lowest BCUT2D eigenvalue weighted by Gasteiger charge is -2.37. The maximum absolute atomic E-state index is 12.7. The molecule has 0 saturated carbocycles. The number of aliphatic imine (C=N–C) groups is 1. The Labute approximate surface area is 172 Å². The number of likely N-dealkylation sites (tertiary alicyclic amines) is 1. The Kier molecular flexibility index (Phi) is 7.33. The monoisotopic (exact) mass is 432 g/mol. The van der Waals surface area contributed by atoms with E-state index >= 15 is 0 Å². The summed E-state index contributed by atoms with van der Waals surface area (Å²) in [6, 6.07) is 0. The van der Waals surface area contributed by atoms with Gasteiger partial charge in [-0.15, -0.1) is 11.3 Å². The molecule has 0 atom stereocenters. The first-order valence-corrected chi connectivity index (χ1v) is 10.7. The fourth-order valence-electron chi connectivity index (χ4n) is 3.56. The molecule has 2 aliphatic rings. The van der Waals surface area contributed by atoms with Crippen molar-refractivity contribution in [2.75, 3.05) is 52.9 Å². The van der Waals surface area contributed by atoms with Crippen LogP contribution in [0.5, 0.6) is 0 Å². The van der Waals surface area contributed by atoms with Crippen LogP contribution in [0.4, 0.5) is 13.2 Å². The molecule has 3 heterocycles. The molecular formula is C18H27F3N6OS. The summed E-state index contributed by atoms with van der Waals surface area (Å²) in [6.07, 6.45) is -1.04. The number of hydrogen-bond donors (Lipinski definition) is 1. The van der Waals surface area contributed by atoms with Crippen molar-refractivity contribution in [2.45, 2.75) is 32.0 Å². The zero-order chi connectivity index (χ0) is 20.9. The average molecular weight is 433 g/mol. The summed E-state index contributed by atoms with van der Waals surface area (Å²) < 4.78 is 38.0. The first-order valence-electron chi connectivity index (χ1n) is 9.84. The van der Waals surface area contributed by atoms with E-state index in [-0.39, 0.29) is 12.5 Å². The van der Waals surface area contributed by atoms with Crippen molar-refractivity contribution < 1.29 is 18.0 Å². The minimum absolute atomic E-state index is 0.196. The van der Waals surface area contributed by atoms with Gasteiger partial charge in [0.1, 0.15) is 5.01 Å². The molecule has 1 aromatic heterocycles. The first kappa shape index (κ1) is 21.8. The number of guanidine groups is 1. The molecule has 11 heteroatoms. The first-order chi connectivity index (χ1) is 13.9. The fraction of sp³-hybridized carbons (Fsp3) is 0.722. The molecule has 29 heavy (non-hydrogen) atoms. The molecule has 162 valence electrons. The maximum atomic E-state index is 12.7. The van der Waals surface area contributed by atoms with Crippen molar-refractivity contribution >= 4 is 23.2 Å². The van der Waals surface area contributed by atoms with Crippen LogP contribution < -0.4 is 5.32 Å². The second-order valence-corrected chi connectivity index (χ2v) is 8.17. The lowest BCUT2D eigenvalue weighted by Crippen LogP contribution is -2.54. The largest absolute Gasteiger partial charge is 0.434 e. The van der Waals surface area contributed by atoms with Gasteiger partial charge < -0.3 is 15.1 Å². The van der Waals surface area contributed by atoms with Gasteiger partial charge in [0.25, 0.3) is 0 Å². The number of piperidine rings is 1. The molecule has 2 saturated heterocycles. The summed E-state index contributed by atoms with van der Waals surface area (Å²) in [5.41, 5.74) is -0.860. The van der Waals surface area contributed by atoms with Crippen LogP contribution in [0.25, 0.3) is 0 Å². The molecule has 0 radical (unpaired) electrons. The predicted octanol–water partition coefficient (Wildman–Crippen LogP) is 1.87. The van der Waals surface area contributed by atoms with E-state index in [1.165, 1.54) is 6.42 Å². The Bertz CT molecular complexity index is 709. The average Bonchev–Trinajstić information content (AvgIpc) is 3.20. The minimum atomic E-state index is -4.42. The van der Waals surface area contributed by atoms with Crippen LogP contribution in [-0.2, 0) is 17.5 Å². The number of nitrogens with zero attached hydrogens (tertiary/aromatic N) is 5. The predicted molar refractivity (Wildman–Crippen MR) is 106 cm³/mol. The van der Waals surface area contributed by atoms with Gasteiger partial charge in [0.15, 0.2) is 11.7 Å². The molecule has 7 nitrogen and oxygen atoms in total. The molecule has 2 fully saturated rings. The Balaban J connectivity index is 1.44. The van der Waals surface area contributed by atoms with Gasteiger partial charge in [-0.05, 0) is 19.3 Å². The molecule has 3 rings (SSSR count). The highest BCUT2D eigenvalue weighted by molar-refractivity contribution is 7.09. The molecule has 0 aromatic carbocycles. The van der Waals surface area contributed by atoms with Gasteiger partial charge in [-0.3, -0.25) is 14.7 Å². The standard InChI is InChI=1S/C18H27F3N6OS/c1-22-17(23-11-15-24-14(13-29-15)18(19,20)21)27-9-7-25(8-10-27)12-16(28)26-5-3-2-4-6-26/h13H,2-12H2,1H3,(H,22,23). The summed E-state index contributed by atoms with van der Waals surface area (Å²) in [7, 11) is 1.65. The van der Waals surface area contributed by atoms with Gasteiger partial charge in [0, 0.05) is 51.7 Å². The molecule has 0 aliphatic carbocycles. The fourth-order valence-corrected chi connectivity index (χ4v) is 4.30. The number of carbonyl (C=O) groups is 1. The Morgan fingerprint density at radius 1 is 1.14 bits per heavy atom. The lowest BCUT2D eigenvalue weighted by molar-refractivity contribution is -0.140. The zero-order valence-corrected chi connectivity index (χ0v) is 17.4. The van der Waals surface area contributed by atoms with Gasteiger partial charge in [-0.2, -0.15) is 13.2 Å². The smallest absolute Gasteiger partial charge is 0.350 e. The second-order valence-electron chi connectivity index (χ2n) is 7.23. The third-order valence-electron chi connectivity index (χ3n) is 5.19. The Hall–Kier alpha value is -1.88. The molecule has 2 aliphatic heterocycles. The number of nitrogens with one attached hydrogen (secondary N) is 1. The quantitative estimate of drug-likeness (QED) is 0.581. The summed E-state index contributed by atoms with van der Waals surface area (Å²) >= 11 is 0.979. The van der Waals surface area contributed by atoms with Crippen LogP contribution in [0, 0.1) is 0 Å². The van der Waals surface area contributed by atoms with Gasteiger partial charge in [0.2, 0.25) is 5.91 Å². The molecule has 1 amide bonds. The van der Waals surface area contributed by atoms with Crippen molar-refractivity contribution in [1.29, 1.82) is 0 Å². The number of carbonyl (C=O) groups excluding carboxylic acids is 1. The normalized spacial score (nSPS) is 19.5. The molecule has 1 aromatic rings. The topological polar surface area (TPSA) is 64.1 Å². The Morgan fingerprint density at radius 3 is 2.41 bits per heavy atom. The highest BCUT2D eigenvalue weighted by atomic mass is 32.1. The summed E-state index contributed by atoms with van der Waals surface area (Å²) in [4.78, 5) is 26.4. The number of piperazine rings is 1. The number of rotatable bonds is 4. The molecule has 0 unspecified atom stereocenters. The van der Waals surface area contributed by atoms with E-state index in [0.29, 0.717) is 30.6 Å². The van der Waals surface area contributed by atoms with Gasteiger partial charge in [0.05, 0.1) is 13.1 Å². The number of aromatic nitrogens is 1. The molecule has 1 N–H and O–H groups in total. The number of alkyl halides is 3. The van der Waals surface area contributed by atoms with Crippen molar-refractivity contribution in [3.8, 4) is 0 Å². The maximum Gasteiger partial charge on any atom is 0.434 e. The molecular weight excluding hydrogens is 405 g/mol. The summed E-state index contributed by atoms with van der Waals surface area (Å²) in [5, 5.41) is 4.48. The number of halogens is 3. The summed E-state index contributed by atoms with van der Waals surface area (Å²) in [5.74, 6) is 0.834. The van der Waals surface area contributed by atoms with Crippen LogP contribution in [0.1, 0.15) is 30.0 Å². The Morgan fingerprint density at radius 2 is 1.83 bits per heavy atom. The van der Waals surface area contributed by atoms with E-state index in [9.17, 15) is 18.0 Å². The van der Waals surface area contributed by atoms with E-state index in [4.69, 9.17) is 0 Å². The SMILES string of the molecule is CN=C(NCc1nc(C(F)(F)F)cs1)N1CCN(CC(=O)N2CCCCC2)CC1. The molecule has 0 bridgehead atoms. The van der Waals surface area contributed by atoms with Crippen LogP contribution >= 0.6 is 11.3 Å². The van der Waals surface area contributed by atoms with Crippen LogP contribution in [-0.4, -0.2) is 84.4 Å². The van der Waals surface area contributed by atoms with E-state index in [0.717, 1.165) is 55.7 Å². The number of thiazole rings is 1. The van der Waals surface area contributed by atoms with Gasteiger partial charge in [-0.25, -0.2) is 4.98 Å². The third kappa shape index (κ3) is 6.05. The van der Waals surface area contributed by atoms with E-state index < -0.39 is 11.9 Å². The van der Waals surface area contributed by atoms with Crippen LogP contribution in [0.2, 0.25) is 0 Å². The van der Waals surface area contributed by atoms with E-state index in [2.05, 4.69) is 25.1 Å². The highest BCUT2D eigenvalue weighted by Crippen LogP contribution is 2.29. The van der Waals surface area contributed by atoms with E-state index in [1.54, 1.807) is 7.05 Å². The number of hydrogen-bond acceptors (Lipinski definition) is 5. The van der Waals surface area contributed by atoms with E-state index in [1.807, 2.05) is 4.90 Å². The summed E-state index contributed by atoms with van der Waals surface area (Å²) in [6.45, 7) is 5.27. The highest BCUT2D eigenvalue weighted by Gasteiger charge is 2.33. The minimum Gasteiger partial charge on any atom is -0.350 e. The zero-order valence-electron chi connectivity index (χ0n) is 16.5. The lowest BCUT2D eigenvalue weighted by atomic mass is 10.1. The van der Waals surface area contributed by atoms with Gasteiger partial charge in [-0.1, -0.05) is 0 Å². The van der Waals surface area contributed by atoms with Crippen molar-refractivity contribution in [1.82, 2.24) is 25.0 Å². The van der Waals surface area contributed by atoms with Crippen LogP contribution in [0.3, 0.4) is 0 Å².